The van der Waals surface area contributed by atoms with Crippen molar-refractivity contribution >= 4 is 5.91 Å². The SMILES string of the molecule is Cc1oncc1C(=O)N[C@H]1CC[C@H]1c1ccc(F)cc1F. The number of hydrogen-bond acceptors (Lipinski definition) is 3. The van der Waals surface area contributed by atoms with Crippen LogP contribution < -0.4 is 5.32 Å². The molecule has 0 aliphatic heterocycles. The van der Waals surface area contributed by atoms with E-state index in [0.29, 0.717) is 16.9 Å². The van der Waals surface area contributed by atoms with Crippen LogP contribution in [0.15, 0.2) is 28.9 Å². The molecule has 2 atom stereocenters. The molecule has 4 nitrogen and oxygen atoms in total. The van der Waals surface area contributed by atoms with E-state index in [1.165, 1.54) is 18.3 Å². The molecule has 1 heterocycles. The average molecular weight is 292 g/mol. The van der Waals surface area contributed by atoms with Gasteiger partial charge in [0.05, 0.1) is 6.20 Å². The number of halogens is 2. The minimum absolute atomic E-state index is 0.130. The van der Waals surface area contributed by atoms with Crippen molar-refractivity contribution in [2.45, 2.75) is 31.7 Å². The molecule has 0 saturated heterocycles. The second-order valence-corrected chi connectivity index (χ2v) is 5.23. The number of amides is 1. The number of hydrogen-bond donors (Lipinski definition) is 1. The molecule has 0 radical (unpaired) electrons. The lowest BCUT2D eigenvalue weighted by atomic mass is 9.74. The van der Waals surface area contributed by atoms with Crippen LogP contribution in [0, 0.1) is 18.6 Å². The van der Waals surface area contributed by atoms with E-state index in [-0.39, 0.29) is 17.9 Å². The first kappa shape index (κ1) is 13.7. The van der Waals surface area contributed by atoms with E-state index in [0.717, 1.165) is 18.9 Å². The van der Waals surface area contributed by atoms with Gasteiger partial charge in [-0.3, -0.25) is 4.79 Å². The Balaban J connectivity index is 1.73. The van der Waals surface area contributed by atoms with Crippen LogP contribution in [-0.2, 0) is 0 Å². The molecule has 3 rings (SSSR count). The number of aromatic nitrogens is 1. The molecule has 0 spiro atoms. The van der Waals surface area contributed by atoms with Gasteiger partial charge in [0.1, 0.15) is 23.0 Å². The summed E-state index contributed by atoms with van der Waals surface area (Å²) in [7, 11) is 0. The van der Waals surface area contributed by atoms with E-state index in [1.54, 1.807) is 6.92 Å². The standard InChI is InChI=1S/C15H14F2N2O2/c1-8-12(7-18-21-8)15(20)19-14-5-4-11(14)10-3-2-9(16)6-13(10)17/h2-3,6-7,11,14H,4-5H2,1H3,(H,19,20)/t11-,14-/m0/s1. The molecule has 1 amide bonds. The first-order chi connectivity index (χ1) is 10.1. The Kier molecular flexibility index (Phi) is 3.45. The number of nitrogens with one attached hydrogen (secondary N) is 1. The molecule has 2 aromatic rings. The fourth-order valence-corrected chi connectivity index (χ4v) is 2.61. The van der Waals surface area contributed by atoms with Gasteiger partial charge in [-0.25, -0.2) is 8.78 Å². The maximum absolute atomic E-state index is 13.8. The largest absolute Gasteiger partial charge is 0.361 e. The van der Waals surface area contributed by atoms with Crippen molar-refractivity contribution in [3.8, 4) is 0 Å². The maximum atomic E-state index is 13.8. The summed E-state index contributed by atoms with van der Waals surface area (Å²) >= 11 is 0. The van der Waals surface area contributed by atoms with Crippen molar-refractivity contribution in [3.63, 3.8) is 0 Å². The van der Waals surface area contributed by atoms with Gasteiger partial charge in [0.2, 0.25) is 0 Å². The van der Waals surface area contributed by atoms with Crippen LogP contribution >= 0.6 is 0 Å². The van der Waals surface area contributed by atoms with E-state index in [9.17, 15) is 13.6 Å². The summed E-state index contributed by atoms with van der Waals surface area (Å²) in [5, 5.41) is 6.41. The van der Waals surface area contributed by atoms with E-state index in [2.05, 4.69) is 10.5 Å². The molecule has 1 aromatic carbocycles. The van der Waals surface area contributed by atoms with Gasteiger partial charge in [-0.05, 0) is 31.4 Å². The summed E-state index contributed by atoms with van der Waals surface area (Å²) in [5.74, 6) is -1.15. The lowest BCUT2D eigenvalue weighted by Gasteiger charge is -2.37. The zero-order valence-electron chi connectivity index (χ0n) is 11.4. The van der Waals surface area contributed by atoms with Gasteiger partial charge in [0.25, 0.3) is 5.91 Å². The number of carbonyl (C=O) groups excluding carboxylic acids is 1. The van der Waals surface area contributed by atoms with Crippen molar-refractivity contribution in [3.05, 3.63) is 52.9 Å². The van der Waals surface area contributed by atoms with E-state index in [4.69, 9.17) is 4.52 Å². The summed E-state index contributed by atoms with van der Waals surface area (Å²) in [6.45, 7) is 1.65. The number of carbonyl (C=O) groups is 1. The average Bonchev–Trinajstić information content (AvgIpc) is 2.84. The fraction of sp³-hybridized carbons (Fsp3) is 0.333. The highest BCUT2D eigenvalue weighted by Crippen LogP contribution is 2.38. The molecular weight excluding hydrogens is 278 g/mol. The van der Waals surface area contributed by atoms with E-state index < -0.39 is 11.6 Å². The molecule has 21 heavy (non-hydrogen) atoms. The molecule has 0 unspecified atom stereocenters. The summed E-state index contributed by atoms with van der Waals surface area (Å²) < 4.78 is 31.6. The third kappa shape index (κ3) is 2.53. The number of aryl methyl sites for hydroxylation is 1. The highest BCUT2D eigenvalue weighted by Gasteiger charge is 2.35. The summed E-state index contributed by atoms with van der Waals surface area (Å²) in [6.07, 6.45) is 2.88. The second-order valence-electron chi connectivity index (χ2n) is 5.23. The zero-order valence-corrected chi connectivity index (χ0v) is 11.4. The first-order valence-electron chi connectivity index (χ1n) is 6.73. The van der Waals surface area contributed by atoms with Crippen LogP contribution in [-0.4, -0.2) is 17.1 Å². The molecular formula is C15H14F2N2O2. The van der Waals surface area contributed by atoms with Crippen LogP contribution in [0.1, 0.15) is 40.4 Å². The van der Waals surface area contributed by atoms with Crippen LogP contribution in [0.3, 0.4) is 0 Å². The Morgan fingerprint density at radius 3 is 2.76 bits per heavy atom. The van der Waals surface area contributed by atoms with Crippen LogP contribution in [0.25, 0.3) is 0 Å². The van der Waals surface area contributed by atoms with Gasteiger partial charge in [-0.15, -0.1) is 0 Å². The first-order valence-corrected chi connectivity index (χ1v) is 6.73. The van der Waals surface area contributed by atoms with Crippen molar-refractivity contribution in [1.82, 2.24) is 10.5 Å². The number of rotatable bonds is 3. The van der Waals surface area contributed by atoms with E-state index in [1.807, 2.05) is 0 Å². The molecule has 0 bridgehead atoms. The lowest BCUT2D eigenvalue weighted by molar-refractivity contribution is 0.0902. The van der Waals surface area contributed by atoms with E-state index >= 15 is 0 Å². The Labute approximate surface area is 120 Å². The number of nitrogens with zero attached hydrogens (tertiary/aromatic N) is 1. The topological polar surface area (TPSA) is 55.1 Å². The highest BCUT2D eigenvalue weighted by molar-refractivity contribution is 5.95. The minimum atomic E-state index is -0.601. The summed E-state index contributed by atoms with van der Waals surface area (Å²) in [5.41, 5.74) is 0.815. The number of benzene rings is 1. The molecule has 1 N–H and O–H groups in total. The van der Waals surface area contributed by atoms with Gasteiger partial charge < -0.3 is 9.84 Å². The van der Waals surface area contributed by atoms with Gasteiger partial charge in [-0.1, -0.05) is 11.2 Å². The lowest BCUT2D eigenvalue weighted by Crippen LogP contribution is -2.45. The fourth-order valence-electron chi connectivity index (χ4n) is 2.61. The Morgan fingerprint density at radius 2 is 2.19 bits per heavy atom. The molecule has 1 aliphatic rings. The van der Waals surface area contributed by atoms with Crippen molar-refractivity contribution in [1.29, 1.82) is 0 Å². The molecule has 1 fully saturated rings. The quantitative estimate of drug-likeness (QED) is 0.946. The smallest absolute Gasteiger partial charge is 0.256 e. The molecule has 1 saturated carbocycles. The molecule has 6 heteroatoms. The van der Waals surface area contributed by atoms with Gasteiger partial charge in [0.15, 0.2) is 0 Å². The van der Waals surface area contributed by atoms with Crippen molar-refractivity contribution in [2.75, 3.05) is 0 Å². The van der Waals surface area contributed by atoms with Crippen LogP contribution in [0.4, 0.5) is 8.78 Å². The molecule has 110 valence electrons. The summed E-state index contributed by atoms with van der Waals surface area (Å²) in [4.78, 5) is 12.1. The monoisotopic (exact) mass is 292 g/mol. The van der Waals surface area contributed by atoms with Gasteiger partial charge in [-0.2, -0.15) is 0 Å². The molecule has 1 aromatic heterocycles. The summed E-state index contributed by atoms with van der Waals surface area (Å²) in [6, 6.07) is 3.39. The predicted molar refractivity (Wildman–Crippen MR) is 70.8 cm³/mol. The van der Waals surface area contributed by atoms with Gasteiger partial charge >= 0.3 is 0 Å². The highest BCUT2D eigenvalue weighted by atomic mass is 19.1. The Bertz CT molecular complexity index is 684. The predicted octanol–water partition coefficient (Wildman–Crippen LogP) is 2.94. The van der Waals surface area contributed by atoms with Crippen molar-refractivity contribution < 1.29 is 18.1 Å². The maximum Gasteiger partial charge on any atom is 0.256 e. The van der Waals surface area contributed by atoms with Crippen molar-refractivity contribution in [2.24, 2.45) is 0 Å². The normalized spacial score (nSPS) is 20.9. The van der Waals surface area contributed by atoms with Gasteiger partial charge in [0, 0.05) is 18.0 Å². The minimum Gasteiger partial charge on any atom is -0.361 e. The molecule has 1 aliphatic carbocycles. The zero-order chi connectivity index (χ0) is 15.0. The Hall–Kier alpha value is -2.24. The Morgan fingerprint density at radius 1 is 1.38 bits per heavy atom. The second kappa shape index (κ2) is 5.27. The third-order valence-corrected chi connectivity index (χ3v) is 3.95. The van der Waals surface area contributed by atoms with Crippen LogP contribution in [0.5, 0.6) is 0 Å². The third-order valence-electron chi connectivity index (χ3n) is 3.95. The van der Waals surface area contributed by atoms with Crippen LogP contribution in [0.2, 0.25) is 0 Å².